The molecule has 0 radical (unpaired) electrons. The third-order valence-electron chi connectivity index (χ3n) is 3.57. The third-order valence-corrected chi connectivity index (χ3v) is 3.57. The molecule has 2 rings (SSSR count). The molecule has 0 saturated carbocycles. The van der Waals surface area contributed by atoms with Gasteiger partial charge >= 0.3 is 5.97 Å². The maximum Gasteiger partial charge on any atom is 0.303 e. The smallest absolute Gasteiger partial charge is 0.303 e. The largest absolute Gasteiger partial charge is 0.481 e. The zero-order valence-electron chi connectivity index (χ0n) is 14.0. The summed E-state index contributed by atoms with van der Waals surface area (Å²) in [5.41, 5.74) is 2.75. The molecular formula is C18H21N3O3. The van der Waals surface area contributed by atoms with Gasteiger partial charge in [-0.05, 0) is 37.0 Å². The van der Waals surface area contributed by atoms with Crippen LogP contribution in [0, 0.1) is 6.92 Å². The quantitative estimate of drug-likeness (QED) is 0.850. The normalized spacial score (nSPS) is 10.7. The first-order valence-electron chi connectivity index (χ1n) is 7.82. The molecule has 6 nitrogen and oxygen atoms in total. The van der Waals surface area contributed by atoms with Gasteiger partial charge in [-0.3, -0.25) is 9.59 Å². The minimum absolute atomic E-state index is 0.0875. The SMILES string of the molecule is Cc1ncc(C(=O)Nc2ccc(CCC(=O)O)cc2)c(C(C)C)n1. The van der Waals surface area contributed by atoms with E-state index in [-0.39, 0.29) is 18.2 Å². The number of carbonyl (C=O) groups is 2. The highest BCUT2D eigenvalue weighted by Gasteiger charge is 2.16. The molecule has 2 aromatic rings. The second kappa shape index (κ2) is 7.68. The Morgan fingerprint density at radius 2 is 1.88 bits per heavy atom. The second-order valence-corrected chi connectivity index (χ2v) is 5.92. The van der Waals surface area contributed by atoms with Crippen molar-refractivity contribution in [1.29, 1.82) is 0 Å². The van der Waals surface area contributed by atoms with Gasteiger partial charge in [0.25, 0.3) is 5.91 Å². The Balaban J connectivity index is 2.11. The van der Waals surface area contributed by atoms with Crippen LogP contribution in [0.4, 0.5) is 5.69 Å². The number of carbonyl (C=O) groups excluding carboxylic acids is 1. The van der Waals surface area contributed by atoms with E-state index in [2.05, 4.69) is 15.3 Å². The van der Waals surface area contributed by atoms with Crippen LogP contribution >= 0.6 is 0 Å². The summed E-state index contributed by atoms with van der Waals surface area (Å²) >= 11 is 0. The van der Waals surface area contributed by atoms with Crippen LogP contribution in [0.25, 0.3) is 0 Å². The topological polar surface area (TPSA) is 92.2 Å². The number of benzene rings is 1. The molecule has 1 heterocycles. The van der Waals surface area contributed by atoms with E-state index in [0.717, 1.165) is 11.3 Å². The number of rotatable bonds is 6. The molecule has 0 fully saturated rings. The first-order valence-corrected chi connectivity index (χ1v) is 7.82. The van der Waals surface area contributed by atoms with E-state index >= 15 is 0 Å². The molecule has 0 spiro atoms. The summed E-state index contributed by atoms with van der Waals surface area (Å²) in [6.45, 7) is 5.76. The molecule has 0 aliphatic rings. The minimum Gasteiger partial charge on any atom is -0.481 e. The lowest BCUT2D eigenvalue weighted by molar-refractivity contribution is -0.136. The average Bonchev–Trinajstić information content (AvgIpc) is 2.53. The van der Waals surface area contributed by atoms with Gasteiger partial charge in [0.05, 0.1) is 11.3 Å². The number of nitrogens with zero attached hydrogens (tertiary/aromatic N) is 2. The van der Waals surface area contributed by atoms with E-state index in [0.29, 0.717) is 23.5 Å². The molecule has 24 heavy (non-hydrogen) atoms. The number of aliphatic carboxylic acids is 1. The van der Waals surface area contributed by atoms with Gasteiger partial charge in [0.1, 0.15) is 5.82 Å². The van der Waals surface area contributed by atoms with E-state index in [1.807, 2.05) is 26.0 Å². The number of aromatic nitrogens is 2. The molecule has 0 unspecified atom stereocenters. The van der Waals surface area contributed by atoms with Crippen LogP contribution in [0.3, 0.4) is 0 Å². The van der Waals surface area contributed by atoms with Crippen LogP contribution in [-0.2, 0) is 11.2 Å². The van der Waals surface area contributed by atoms with Crippen molar-refractivity contribution in [3.63, 3.8) is 0 Å². The Morgan fingerprint density at radius 3 is 2.46 bits per heavy atom. The predicted molar refractivity (Wildman–Crippen MR) is 91.2 cm³/mol. The molecule has 0 aliphatic heterocycles. The van der Waals surface area contributed by atoms with E-state index < -0.39 is 5.97 Å². The molecule has 0 atom stereocenters. The first kappa shape index (κ1) is 17.6. The summed E-state index contributed by atoms with van der Waals surface area (Å²) in [5.74, 6) is -0.325. The van der Waals surface area contributed by atoms with Crippen molar-refractivity contribution >= 4 is 17.6 Å². The molecule has 0 aliphatic carbocycles. The summed E-state index contributed by atoms with van der Waals surface area (Å²) in [6, 6.07) is 7.15. The summed E-state index contributed by atoms with van der Waals surface area (Å²) < 4.78 is 0. The molecule has 1 amide bonds. The van der Waals surface area contributed by atoms with Gasteiger partial charge in [-0.25, -0.2) is 9.97 Å². The van der Waals surface area contributed by atoms with Crippen LogP contribution in [0.1, 0.15) is 53.6 Å². The number of hydrogen-bond acceptors (Lipinski definition) is 4. The molecule has 1 aromatic heterocycles. The van der Waals surface area contributed by atoms with Crippen molar-refractivity contribution in [2.45, 2.75) is 39.5 Å². The summed E-state index contributed by atoms with van der Waals surface area (Å²) in [7, 11) is 0. The number of carboxylic acid groups (broad SMARTS) is 1. The maximum absolute atomic E-state index is 12.5. The highest BCUT2D eigenvalue weighted by molar-refractivity contribution is 6.04. The first-order chi connectivity index (χ1) is 11.4. The lowest BCUT2D eigenvalue weighted by Crippen LogP contribution is -2.17. The number of aryl methyl sites for hydroxylation is 2. The van der Waals surface area contributed by atoms with Crippen LogP contribution < -0.4 is 5.32 Å². The number of nitrogens with one attached hydrogen (secondary N) is 1. The van der Waals surface area contributed by atoms with Gasteiger partial charge in [-0.15, -0.1) is 0 Å². The Bertz CT molecular complexity index is 740. The van der Waals surface area contributed by atoms with Crippen LogP contribution in [-0.4, -0.2) is 27.0 Å². The fourth-order valence-corrected chi connectivity index (χ4v) is 2.31. The van der Waals surface area contributed by atoms with Crippen molar-refractivity contribution in [2.24, 2.45) is 0 Å². The van der Waals surface area contributed by atoms with Crippen LogP contribution in [0.5, 0.6) is 0 Å². The Morgan fingerprint density at radius 1 is 1.21 bits per heavy atom. The van der Waals surface area contributed by atoms with Gasteiger partial charge < -0.3 is 10.4 Å². The van der Waals surface area contributed by atoms with Crippen molar-refractivity contribution in [2.75, 3.05) is 5.32 Å². The lowest BCUT2D eigenvalue weighted by Gasteiger charge is -2.12. The summed E-state index contributed by atoms with van der Waals surface area (Å²) in [6.07, 6.45) is 2.10. The zero-order valence-corrected chi connectivity index (χ0v) is 14.0. The molecule has 126 valence electrons. The molecule has 2 N–H and O–H groups in total. The zero-order chi connectivity index (χ0) is 17.7. The van der Waals surface area contributed by atoms with Gasteiger partial charge in [0.15, 0.2) is 0 Å². The number of anilines is 1. The van der Waals surface area contributed by atoms with Crippen molar-refractivity contribution in [3.05, 3.63) is 53.1 Å². The van der Waals surface area contributed by atoms with Gasteiger partial charge in [0, 0.05) is 18.3 Å². The Hall–Kier alpha value is -2.76. The fourth-order valence-electron chi connectivity index (χ4n) is 2.31. The number of amides is 1. The van der Waals surface area contributed by atoms with Crippen molar-refractivity contribution in [1.82, 2.24) is 9.97 Å². The average molecular weight is 327 g/mol. The standard InChI is InChI=1S/C18H21N3O3/c1-11(2)17-15(10-19-12(3)20-17)18(24)21-14-7-4-13(5-8-14)6-9-16(22)23/h4-5,7-8,10-11H,6,9H2,1-3H3,(H,21,24)(H,22,23). The monoisotopic (exact) mass is 327 g/mol. The van der Waals surface area contributed by atoms with E-state index in [1.54, 1.807) is 25.3 Å². The fraction of sp³-hybridized carbons (Fsp3) is 0.333. The predicted octanol–water partition coefficient (Wildman–Crippen LogP) is 3.18. The highest BCUT2D eigenvalue weighted by atomic mass is 16.4. The van der Waals surface area contributed by atoms with E-state index in [9.17, 15) is 9.59 Å². The Labute approximate surface area is 141 Å². The van der Waals surface area contributed by atoms with Crippen LogP contribution in [0.15, 0.2) is 30.5 Å². The van der Waals surface area contributed by atoms with Crippen molar-refractivity contribution in [3.8, 4) is 0 Å². The van der Waals surface area contributed by atoms with Crippen molar-refractivity contribution < 1.29 is 14.7 Å². The lowest BCUT2D eigenvalue weighted by atomic mass is 10.0. The summed E-state index contributed by atoms with van der Waals surface area (Å²) in [5, 5.41) is 11.5. The van der Waals surface area contributed by atoms with Gasteiger partial charge in [0.2, 0.25) is 0 Å². The van der Waals surface area contributed by atoms with E-state index in [4.69, 9.17) is 5.11 Å². The minimum atomic E-state index is -0.826. The summed E-state index contributed by atoms with van der Waals surface area (Å²) in [4.78, 5) is 31.5. The molecule has 6 heteroatoms. The molecule has 1 aromatic carbocycles. The highest BCUT2D eigenvalue weighted by Crippen LogP contribution is 2.19. The molecular weight excluding hydrogens is 306 g/mol. The molecule has 0 bridgehead atoms. The molecule has 0 saturated heterocycles. The van der Waals surface area contributed by atoms with Gasteiger partial charge in [-0.1, -0.05) is 26.0 Å². The number of carboxylic acids is 1. The van der Waals surface area contributed by atoms with Gasteiger partial charge in [-0.2, -0.15) is 0 Å². The van der Waals surface area contributed by atoms with E-state index in [1.165, 1.54) is 0 Å². The van der Waals surface area contributed by atoms with Crippen LogP contribution in [0.2, 0.25) is 0 Å². The maximum atomic E-state index is 12.5. The Kier molecular flexibility index (Phi) is 5.63. The third kappa shape index (κ3) is 4.62. The second-order valence-electron chi connectivity index (χ2n) is 5.92. The number of hydrogen-bond donors (Lipinski definition) is 2.